The van der Waals surface area contributed by atoms with E-state index in [4.69, 9.17) is 11.6 Å². The Morgan fingerprint density at radius 1 is 1.00 bits per heavy atom. The molecule has 1 heterocycles. The average molecular weight is 270 g/mol. The highest BCUT2D eigenvalue weighted by molar-refractivity contribution is 6.31. The van der Waals surface area contributed by atoms with E-state index in [-0.39, 0.29) is 5.75 Å². The van der Waals surface area contributed by atoms with Crippen LogP contribution in [0, 0.1) is 0 Å². The molecule has 0 bridgehead atoms. The Morgan fingerprint density at radius 3 is 2.68 bits per heavy atom. The fourth-order valence-corrected chi connectivity index (χ4v) is 2.36. The minimum atomic E-state index is 0.278. The van der Waals surface area contributed by atoms with Crippen LogP contribution in [0.1, 0.15) is 11.1 Å². The van der Waals surface area contributed by atoms with E-state index in [2.05, 4.69) is 4.98 Å². The van der Waals surface area contributed by atoms with Crippen molar-refractivity contribution >= 4 is 22.4 Å². The number of rotatable bonds is 2. The number of halogens is 1. The molecule has 0 radical (unpaired) electrons. The van der Waals surface area contributed by atoms with Gasteiger partial charge < -0.3 is 5.11 Å². The van der Waals surface area contributed by atoms with Gasteiger partial charge in [0.05, 0.1) is 0 Å². The van der Waals surface area contributed by atoms with Crippen LogP contribution in [0.25, 0.3) is 10.8 Å². The predicted molar refractivity (Wildman–Crippen MR) is 77.7 cm³/mol. The lowest BCUT2D eigenvalue weighted by Gasteiger charge is -2.08. The highest BCUT2D eigenvalue weighted by Crippen LogP contribution is 2.28. The van der Waals surface area contributed by atoms with Crippen LogP contribution >= 0.6 is 11.6 Å². The SMILES string of the molecule is Oc1cc2cnccc2cc1Cc1ccccc1Cl. The van der Waals surface area contributed by atoms with Crippen molar-refractivity contribution in [2.45, 2.75) is 6.42 Å². The first-order valence-electron chi connectivity index (χ1n) is 6.03. The third kappa shape index (κ3) is 2.40. The van der Waals surface area contributed by atoms with Crippen molar-refractivity contribution in [3.8, 4) is 5.75 Å². The van der Waals surface area contributed by atoms with Gasteiger partial charge in [0.15, 0.2) is 0 Å². The maximum Gasteiger partial charge on any atom is 0.119 e. The van der Waals surface area contributed by atoms with Crippen LogP contribution in [0.5, 0.6) is 5.75 Å². The zero-order chi connectivity index (χ0) is 13.2. The predicted octanol–water partition coefficient (Wildman–Crippen LogP) is 4.18. The zero-order valence-electron chi connectivity index (χ0n) is 10.2. The molecule has 3 aromatic rings. The van der Waals surface area contributed by atoms with Gasteiger partial charge in [-0.3, -0.25) is 4.98 Å². The van der Waals surface area contributed by atoms with Crippen LogP contribution in [0.4, 0.5) is 0 Å². The largest absolute Gasteiger partial charge is 0.508 e. The molecule has 0 aliphatic heterocycles. The summed E-state index contributed by atoms with van der Waals surface area (Å²) in [7, 11) is 0. The molecule has 0 aliphatic carbocycles. The molecular weight excluding hydrogens is 258 g/mol. The van der Waals surface area contributed by atoms with Crippen molar-refractivity contribution < 1.29 is 5.11 Å². The summed E-state index contributed by atoms with van der Waals surface area (Å²) in [5.41, 5.74) is 1.87. The number of phenols is 1. The number of benzene rings is 2. The lowest BCUT2D eigenvalue weighted by atomic mass is 10.0. The fraction of sp³-hybridized carbons (Fsp3) is 0.0625. The molecule has 0 atom stereocenters. The van der Waals surface area contributed by atoms with Crippen LogP contribution in [0.3, 0.4) is 0 Å². The van der Waals surface area contributed by atoms with E-state index in [1.165, 1.54) is 0 Å². The van der Waals surface area contributed by atoms with Gasteiger partial charge in [-0.1, -0.05) is 29.8 Å². The summed E-state index contributed by atoms with van der Waals surface area (Å²) >= 11 is 6.15. The first kappa shape index (κ1) is 12.0. The summed E-state index contributed by atoms with van der Waals surface area (Å²) in [6.07, 6.45) is 4.11. The summed E-state index contributed by atoms with van der Waals surface area (Å²) in [6.45, 7) is 0. The van der Waals surface area contributed by atoms with Crippen LogP contribution in [-0.4, -0.2) is 10.1 Å². The average Bonchev–Trinajstić information content (AvgIpc) is 2.42. The number of phenolic OH excluding ortho intramolecular Hbond substituents is 1. The maximum absolute atomic E-state index is 10.1. The summed E-state index contributed by atoms with van der Waals surface area (Å²) < 4.78 is 0. The second kappa shape index (κ2) is 4.90. The van der Waals surface area contributed by atoms with Crippen LogP contribution in [0.2, 0.25) is 5.02 Å². The number of hydrogen-bond acceptors (Lipinski definition) is 2. The zero-order valence-corrected chi connectivity index (χ0v) is 10.9. The third-order valence-corrected chi connectivity index (χ3v) is 3.55. The molecule has 1 aromatic heterocycles. The molecule has 3 rings (SSSR count). The van der Waals surface area contributed by atoms with Crippen molar-refractivity contribution in [1.82, 2.24) is 4.98 Å². The number of aromatic nitrogens is 1. The van der Waals surface area contributed by atoms with E-state index in [1.54, 1.807) is 18.5 Å². The minimum absolute atomic E-state index is 0.278. The number of aromatic hydroxyl groups is 1. The Labute approximate surface area is 116 Å². The number of fused-ring (bicyclic) bond motifs is 1. The molecule has 0 aliphatic rings. The van der Waals surface area contributed by atoms with Gasteiger partial charge in [-0.15, -0.1) is 0 Å². The maximum atomic E-state index is 10.1. The molecular formula is C16H12ClNO. The van der Waals surface area contributed by atoms with Gasteiger partial charge in [0.1, 0.15) is 5.75 Å². The van der Waals surface area contributed by atoms with Crippen molar-refractivity contribution in [3.05, 3.63) is 71.0 Å². The summed E-state index contributed by atoms with van der Waals surface area (Å²) in [4.78, 5) is 4.05. The molecule has 3 heteroatoms. The van der Waals surface area contributed by atoms with Gasteiger partial charge in [0.25, 0.3) is 0 Å². The number of nitrogens with zero attached hydrogens (tertiary/aromatic N) is 1. The fourth-order valence-electron chi connectivity index (χ4n) is 2.16. The van der Waals surface area contributed by atoms with Gasteiger partial charge in [0.2, 0.25) is 0 Å². The molecule has 1 N–H and O–H groups in total. The smallest absolute Gasteiger partial charge is 0.119 e. The van der Waals surface area contributed by atoms with Crippen molar-refractivity contribution in [1.29, 1.82) is 0 Å². The number of pyridine rings is 1. The van der Waals surface area contributed by atoms with E-state index in [0.717, 1.165) is 26.9 Å². The Kier molecular flexibility index (Phi) is 3.10. The van der Waals surface area contributed by atoms with Gasteiger partial charge in [-0.05, 0) is 40.8 Å². The second-order valence-corrected chi connectivity index (χ2v) is 4.88. The van der Waals surface area contributed by atoms with E-state index in [0.29, 0.717) is 6.42 Å². The third-order valence-electron chi connectivity index (χ3n) is 3.18. The molecule has 19 heavy (non-hydrogen) atoms. The van der Waals surface area contributed by atoms with E-state index < -0.39 is 0 Å². The first-order chi connectivity index (χ1) is 9.24. The molecule has 0 unspecified atom stereocenters. The summed E-state index contributed by atoms with van der Waals surface area (Å²) in [5.74, 6) is 0.278. The molecule has 94 valence electrons. The molecule has 2 aromatic carbocycles. The molecule has 2 nitrogen and oxygen atoms in total. The lowest BCUT2D eigenvalue weighted by Crippen LogP contribution is -1.90. The van der Waals surface area contributed by atoms with Crippen LogP contribution in [0.15, 0.2) is 54.9 Å². The van der Waals surface area contributed by atoms with Crippen molar-refractivity contribution in [3.63, 3.8) is 0 Å². The van der Waals surface area contributed by atoms with Crippen molar-refractivity contribution in [2.24, 2.45) is 0 Å². The number of hydrogen-bond donors (Lipinski definition) is 1. The lowest BCUT2D eigenvalue weighted by molar-refractivity contribution is 0.470. The monoisotopic (exact) mass is 269 g/mol. The first-order valence-corrected chi connectivity index (χ1v) is 6.41. The second-order valence-electron chi connectivity index (χ2n) is 4.47. The van der Waals surface area contributed by atoms with E-state index in [9.17, 15) is 5.11 Å². The quantitative estimate of drug-likeness (QED) is 0.757. The normalized spacial score (nSPS) is 10.8. The van der Waals surface area contributed by atoms with E-state index in [1.807, 2.05) is 36.4 Å². The Morgan fingerprint density at radius 2 is 1.84 bits per heavy atom. The van der Waals surface area contributed by atoms with Gasteiger partial charge in [0, 0.05) is 29.2 Å². The molecule has 0 spiro atoms. The van der Waals surface area contributed by atoms with Crippen molar-refractivity contribution in [2.75, 3.05) is 0 Å². The Bertz CT molecular complexity index is 740. The molecule has 0 saturated carbocycles. The Balaban J connectivity index is 2.06. The van der Waals surface area contributed by atoms with Crippen LogP contribution in [-0.2, 0) is 6.42 Å². The van der Waals surface area contributed by atoms with Crippen LogP contribution < -0.4 is 0 Å². The summed E-state index contributed by atoms with van der Waals surface area (Å²) in [6, 6.07) is 13.3. The summed E-state index contributed by atoms with van der Waals surface area (Å²) in [5, 5.41) is 12.8. The topological polar surface area (TPSA) is 33.1 Å². The molecule has 0 amide bonds. The highest BCUT2D eigenvalue weighted by Gasteiger charge is 2.07. The van der Waals surface area contributed by atoms with Gasteiger partial charge >= 0.3 is 0 Å². The van der Waals surface area contributed by atoms with E-state index >= 15 is 0 Å². The van der Waals surface area contributed by atoms with Gasteiger partial charge in [-0.25, -0.2) is 0 Å². The molecule has 0 fully saturated rings. The standard InChI is InChI=1S/C16H12ClNO/c17-15-4-2-1-3-12(15)8-13-7-11-5-6-18-10-14(11)9-16(13)19/h1-7,9-10,19H,8H2. The van der Waals surface area contributed by atoms with Gasteiger partial charge in [-0.2, -0.15) is 0 Å². The Hall–Kier alpha value is -2.06. The minimum Gasteiger partial charge on any atom is -0.508 e. The highest BCUT2D eigenvalue weighted by atomic mass is 35.5. The molecule has 0 saturated heterocycles.